The number of urea groups is 1. The van der Waals surface area contributed by atoms with E-state index < -0.39 is 12.0 Å². The smallest absolute Gasteiger partial charge is 0.338 e. The topological polar surface area (TPSA) is 82.2 Å². The first-order valence-electron chi connectivity index (χ1n) is 13.5. The van der Waals surface area contributed by atoms with Gasteiger partial charge in [0.2, 0.25) is 0 Å². The van der Waals surface area contributed by atoms with Crippen LogP contribution in [-0.2, 0) is 9.53 Å². The summed E-state index contributed by atoms with van der Waals surface area (Å²) in [7, 11) is 0. The van der Waals surface area contributed by atoms with E-state index in [1.54, 1.807) is 17.9 Å². The Kier molecular flexibility index (Phi) is 8.86. The van der Waals surface area contributed by atoms with E-state index in [4.69, 9.17) is 4.74 Å². The van der Waals surface area contributed by atoms with E-state index in [0.717, 1.165) is 16.7 Å². The predicted molar refractivity (Wildman–Crippen MR) is 151 cm³/mol. The number of nitrogens with one attached hydrogen (secondary N) is 1. The molecule has 39 heavy (non-hydrogen) atoms. The van der Waals surface area contributed by atoms with Crippen molar-refractivity contribution >= 4 is 17.9 Å². The molecule has 8 heteroatoms. The largest absolute Gasteiger partial charge is 0.463 e. The first kappa shape index (κ1) is 28.1. The molecule has 2 aromatic carbocycles. The highest BCUT2D eigenvalue weighted by molar-refractivity contribution is 5.95. The van der Waals surface area contributed by atoms with Gasteiger partial charge in [-0.3, -0.25) is 14.6 Å². The number of carbonyl (C=O) groups is 3. The van der Waals surface area contributed by atoms with Gasteiger partial charge in [-0.2, -0.15) is 0 Å². The Morgan fingerprint density at radius 2 is 1.85 bits per heavy atom. The Labute approximate surface area is 230 Å². The molecule has 0 spiro atoms. The Morgan fingerprint density at radius 3 is 2.49 bits per heavy atom. The third kappa shape index (κ3) is 6.23. The average molecular weight is 531 g/mol. The number of amides is 3. The molecule has 1 fully saturated rings. The SMILES string of the molecule is C=CCN1C(=O)NC(c2cccc(C)c2)C(C(=O)OCC)=C1CN1CCN(C(=O)c2ccc(C)cc2)C(C)C1. The number of carbonyl (C=O) groups excluding carboxylic acids is 3. The van der Waals surface area contributed by atoms with Crippen LogP contribution in [0.5, 0.6) is 0 Å². The van der Waals surface area contributed by atoms with Gasteiger partial charge in [-0.1, -0.05) is 53.6 Å². The molecule has 0 saturated carbocycles. The summed E-state index contributed by atoms with van der Waals surface area (Å²) in [6, 6.07) is 14.5. The zero-order valence-corrected chi connectivity index (χ0v) is 23.3. The van der Waals surface area contributed by atoms with Crippen molar-refractivity contribution in [2.45, 2.75) is 39.8 Å². The van der Waals surface area contributed by atoms with Gasteiger partial charge >= 0.3 is 12.0 Å². The van der Waals surface area contributed by atoms with Crippen molar-refractivity contribution < 1.29 is 19.1 Å². The van der Waals surface area contributed by atoms with Crippen LogP contribution in [0.25, 0.3) is 0 Å². The molecule has 2 aromatic rings. The zero-order valence-electron chi connectivity index (χ0n) is 23.3. The quantitative estimate of drug-likeness (QED) is 0.408. The number of hydrogen-bond acceptors (Lipinski definition) is 5. The molecule has 2 heterocycles. The summed E-state index contributed by atoms with van der Waals surface area (Å²) in [5.74, 6) is -0.437. The van der Waals surface area contributed by atoms with Crippen LogP contribution in [0.2, 0.25) is 0 Å². The number of nitrogens with zero attached hydrogens (tertiary/aromatic N) is 3. The van der Waals surface area contributed by atoms with Crippen LogP contribution in [0.1, 0.15) is 46.9 Å². The summed E-state index contributed by atoms with van der Waals surface area (Å²) in [5, 5.41) is 3.01. The molecule has 0 aliphatic carbocycles. The molecule has 0 radical (unpaired) electrons. The number of ether oxygens (including phenoxy) is 1. The maximum absolute atomic E-state index is 13.4. The molecular formula is C31H38N4O4. The first-order chi connectivity index (χ1) is 18.7. The van der Waals surface area contributed by atoms with E-state index in [1.807, 2.05) is 74.2 Å². The lowest BCUT2D eigenvalue weighted by Crippen LogP contribution is -2.56. The highest BCUT2D eigenvalue weighted by Gasteiger charge is 2.39. The number of esters is 1. The second-order valence-electron chi connectivity index (χ2n) is 10.2. The van der Waals surface area contributed by atoms with Crippen LogP contribution >= 0.6 is 0 Å². The van der Waals surface area contributed by atoms with E-state index in [9.17, 15) is 14.4 Å². The van der Waals surface area contributed by atoms with Crippen LogP contribution in [0.15, 0.2) is 72.5 Å². The minimum absolute atomic E-state index is 0.0124. The summed E-state index contributed by atoms with van der Waals surface area (Å²) < 4.78 is 5.50. The van der Waals surface area contributed by atoms with Crippen LogP contribution in [0.4, 0.5) is 4.79 Å². The van der Waals surface area contributed by atoms with Gasteiger partial charge in [-0.15, -0.1) is 6.58 Å². The molecule has 2 aliphatic heterocycles. The molecule has 2 unspecified atom stereocenters. The predicted octanol–water partition coefficient (Wildman–Crippen LogP) is 4.22. The molecule has 2 aliphatic rings. The summed E-state index contributed by atoms with van der Waals surface area (Å²) in [4.78, 5) is 45.6. The van der Waals surface area contributed by atoms with Crippen molar-refractivity contribution in [3.63, 3.8) is 0 Å². The first-order valence-corrected chi connectivity index (χ1v) is 13.5. The molecule has 1 saturated heterocycles. The third-order valence-corrected chi connectivity index (χ3v) is 7.27. The van der Waals surface area contributed by atoms with Crippen molar-refractivity contribution in [3.05, 3.63) is 94.7 Å². The van der Waals surface area contributed by atoms with Gasteiger partial charge in [0.25, 0.3) is 5.91 Å². The molecule has 206 valence electrons. The minimum Gasteiger partial charge on any atom is -0.463 e. The third-order valence-electron chi connectivity index (χ3n) is 7.27. The second-order valence-corrected chi connectivity index (χ2v) is 10.2. The van der Waals surface area contributed by atoms with Crippen LogP contribution < -0.4 is 5.32 Å². The number of hydrogen-bond donors (Lipinski definition) is 1. The van der Waals surface area contributed by atoms with E-state index in [0.29, 0.717) is 43.0 Å². The van der Waals surface area contributed by atoms with Gasteiger partial charge in [-0.05, 0) is 45.4 Å². The maximum atomic E-state index is 13.4. The van der Waals surface area contributed by atoms with Gasteiger partial charge in [0, 0.05) is 50.0 Å². The standard InChI is InChI=1S/C31H38N4O4/c1-6-15-35-26(20-33-16-17-34(23(5)19-33)29(36)24-13-11-21(3)12-14-24)27(30(37)39-7-2)28(32-31(35)38)25-10-8-9-22(4)18-25/h6,8-14,18,23,28H,1,7,15-17,19-20H2,2-5H3,(H,32,38). The minimum atomic E-state index is -0.630. The number of piperazine rings is 1. The fourth-order valence-corrected chi connectivity index (χ4v) is 5.30. The Hall–Kier alpha value is -3.91. The zero-order chi connectivity index (χ0) is 28.1. The van der Waals surface area contributed by atoms with Gasteiger partial charge in [0.05, 0.1) is 18.2 Å². The summed E-state index contributed by atoms with van der Waals surface area (Å²) in [6.45, 7) is 14.2. The molecular weight excluding hydrogens is 492 g/mol. The van der Waals surface area contributed by atoms with Crippen LogP contribution in [0, 0.1) is 13.8 Å². The van der Waals surface area contributed by atoms with E-state index in [-0.39, 0.29) is 31.1 Å². The molecule has 0 aromatic heterocycles. The Balaban J connectivity index is 1.65. The number of rotatable bonds is 8. The lowest BCUT2D eigenvalue weighted by Gasteiger charge is -2.43. The second kappa shape index (κ2) is 12.3. The molecule has 1 N–H and O–H groups in total. The van der Waals surface area contributed by atoms with E-state index >= 15 is 0 Å². The van der Waals surface area contributed by atoms with Gasteiger partial charge in [-0.25, -0.2) is 9.59 Å². The molecule has 8 nitrogen and oxygen atoms in total. The lowest BCUT2D eigenvalue weighted by molar-refractivity contribution is -0.139. The Morgan fingerprint density at radius 1 is 1.10 bits per heavy atom. The molecule has 2 atom stereocenters. The van der Waals surface area contributed by atoms with Gasteiger partial charge in [0.15, 0.2) is 0 Å². The number of benzene rings is 2. The van der Waals surface area contributed by atoms with E-state index in [2.05, 4.69) is 16.8 Å². The fraction of sp³-hybridized carbons (Fsp3) is 0.387. The van der Waals surface area contributed by atoms with Crippen molar-refractivity contribution in [2.24, 2.45) is 0 Å². The monoisotopic (exact) mass is 530 g/mol. The van der Waals surface area contributed by atoms with Crippen molar-refractivity contribution in [1.29, 1.82) is 0 Å². The van der Waals surface area contributed by atoms with Crippen molar-refractivity contribution in [3.8, 4) is 0 Å². The van der Waals surface area contributed by atoms with Gasteiger partial charge in [0.1, 0.15) is 0 Å². The highest BCUT2D eigenvalue weighted by Crippen LogP contribution is 2.33. The molecule has 0 bridgehead atoms. The van der Waals surface area contributed by atoms with Crippen molar-refractivity contribution in [1.82, 2.24) is 20.0 Å². The van der Waals surface area contributed by atoms with Gasteiger partial charge < -0.3 is 15.0 Å². The molecule has 3 amide bonds. The summed E-state index contributed by atoms with van der Waals surface area (Å²) in [5.41, 5.74) is 4.67. The average Bonchev–Trinajstić information content (AvgIpc) is 2.90. The summed E-state index contributed by atoms with van der Waals surface area (Å²) >= 11 is 0. The normalized spacial score (nSPS) is 20.1. The maximum Gasteiger partial charge on any atom is 0.338 e. The Bertz CT molecular complexity index is 1270. The fourth-order valence-electron chi connectivity index (χ4n) is 5.30. The molecule has 4 rings (SSSR count). The number of aryl methyl sites for hydroxylation is 2. The highest BCUT2D eigenvalue weighted by atomic mass is 16.5. The van der Waals surface area contributed by atoms with Crippen molar-refractivity contribution in [2.75, 3.05) is 39.3 Å². The lowest BCUT2D eigenvalue weighted by atomic mass is 9.93. The van der Waals surface area contributed by atoms with Crippen LogP contribution in [-0.4, -0.2) is 78.0 Å². The van der Waals surface area contributed by atoms with E-state index in [1.165, 1.54) is 0 Å². The summed E-state index contributed by atoms with van der Waals surface area (Å²) in [6.07, 6.45) is 1.65. The van der Waals surface area contributed by atoms with Crippen LogP contribution in [0.3, 0.4) is 0 Å².